The molecule has 0 aliphatic rings. The Morgan fingerprint density at radius 2 is 0.682 bits per heavy atom. The molecule has 0 fully saturated rings. The van der Waals surface area contributed by atoms with Gasteiger partial charge in [0.15, 0.2) is 0 Å². The van der Waals surface area contributed by atoms with E-state index >= 15 is 0 Å². The number of hydrogen-bond acceptors (Lipinski definition) is 20. The molecule has 0 unspecified atom stereocenters. The van der Waals surface area contributed by atoms with Crippen molar-refractivity contribution in [3.8, 4) is 39.5 Å². The Labute approximate surface area is 994 Å². The van der Waals surface area contributed by atoms with E-state index in [2.05, 4.69) is 239 Å². The Kier molecular flexibility index (Phi) is 59.7. The Bertz CT molecular complexity index is 6750. The van der Waals surface area contributed by atoms with Crippen LogP contribution in [0.2, 0.25) is 0 Å². The Hall–Kier alpha value is -9.27. The molecule has 3 aromatic heterocycles. The summed E-state index contributed by atoms with van der Waals surface area (Å²) in [7, 11) is 7.33. The number of fused-ring (bicyclic) bond motifs is 3. The zero-order valence-electron chi connectivity index (χ0n) is 83.3. The molecule has 32 heteroatoms. The summed E-state index contributed by atoms with van der Waals surface area (Å²) in [6, 6.07) is 123. The summed E-state index contributed by atoms with van der Waals surface area (Å²) < 4.78 is 46.4. The quantitative estimate of drug-likeness (QED) is 0.00418. The van der Waals surface area contributed by atoms with Gasteiger partial charge in [-0.05, 0) is 232 Å². The molecule has 0 amide bonds. The second-order valence-corrected chi connectivity index (χ2v) is 39.7. The smallest absolute Gasteiger partial charge is 0.870 e. The molecule has 18 rings (SSSR count). The van der Waals surface area contributed by atoms with Gasteiger partial charge in [-0.25, -0.2) is 5.26 Å². The average molecular weight is 2290 g/mol. The maximum atomic E-state index is 12.0. The van der Waals surface area contributed by atoms with Gasteiger partial charge < -0.3 is 79.7 Å². The molecule has 3 heterocycles. The first-order chi connectivity index (χ1) is 69.7. The van der Waals surface area contributed by atoms with E-state index in [4.69, 9.17) is 93.3 Å². The van der Waals surface area contributed by atoms with E-state index in [1.165, 1.54) is 31.8 Å². The van der Waals surface area contributed by atoms with E-state index in [9.17, 15) is 19.5 Å². The number of furan rings is 3. The summed E-state index contributed by atoms with van der Waals surface area (Å²) in [4.78, 5) is 46.6. The van der Waals surface area contributed by atoms with Crippen molar-refractivity contribution in [1.82, 2.24) is 0 Å². The number of benzene rings is 15. The summed E-state index contributed by atoms with van der Waals surface area (Å²) in [5.41, 5.74) is 35.2. The van der Waals surface area contributed by atoms with Gasteiger partial charge in [0.1, 0.15) is 53.8 Å². The summed E-state index contributed by atoms with van der Waals surface area (Å²) in [5.74, 6) is 0.690. The molecule has 0 bridgehead atoms. The van der Waals surface area contributed by atoms with E-state index in [1.807, 2.05) is 142 Å². The van der Waals surface area contributed by atoms with Crippen LogP contribution < -0.4 is 87.6 Å². The van der Waals surface area contributed by atoms with Crippen molar-refractivity contribution in [3.05, 3.63) is 454 Å². The standard InChI is InChI=1S/C27H27NO4.C25H23NO4.C20H19BrO4.2C18H15P.C7H10BNO2.CH2O3.3ClH.2K.Li.H2O.Pd/c1-3-30-25(29)15-22-9-4-6-18(2)26(22)32-17-20-13-23-10-11-31-27(23)24(14-20)21-8-5-7-19(12-21)16-28;1-16-4-2-7-20(13-23(27)28)24(16)30-15-18-11-21-8-9-29-25(21)22(12-18)19-6-3-5-17(10-19)14-26;1-3-23-18(22)11-15-6-4-5-13(2)19(15)25-12-14-9-16-7-8-24-20(16)17(21)10-14;2*1-4-10-16(11-5-1)19(17-12-6-2-7-13-17)18-14-8-3-9-15-18;9-5-6-2-1-3-7(4-6)8(10)11;2-1-4-3;;;;;;;;/h4-14H,3,15-17,28H2,1-2H3;2-12H,13-15,26H2,1H3,(H,27,28);4-10H,3,11-12H2,1-2H3;2*1-15H;1-4,10-11H,5,9H2;1,3H;3*1H;;;;1H2;/q;;;;;;;;;;;;+1;;+2/p-3. The molecule has 15 aromatic carbocycles. The first-order valence-corrected chi connectivity index (χ1v) is 53.2. The van der Waals surface area contributed by atoms with Crippen LogP contribution in [0.5, 0.6) is 17.2 Å². The van der Waals surface area contributed by atoms with Crippen molar-refractivity contribution in [1.29, 1.82) is 0 Å². The van der Waals surface area contributed by atoms with E-state index in [0.717, 1.165) is 132 Å². The van der Waals surface area contributed by atoms with Gasteiger partial charge in [0.05, 0.1) is 55.7 Å². The molecule has 754 valence electrons. The zero-order valence-corrected chi connectivity index (χ0v) is 96.8. The number of aliphatic carboxylic acids is 1. The van der Waals surface area contributed by atoms with Crippen molar-refractivity contribution < 1.29 is 122 Å². The number of rotatable bonds is 30. The second-order valence-electron chi connectivity index (χ2n) is 32.0. The van der Waals surface area contributed by atoms with Crippen LogP contribution in [0, 0.1) is 20.8 Å². The average Bonchev–Trinajstić information content (AvgIpc) is 1.60. The fourth-order valence-electron chi connectivity index (χ4n) is 15.6. The van der Waals surface area contributed by atoms with Gasteiger partial charge in [-0.1, -0.05) is 297 Å². The predicted octanol–water partition coefficient (Wildman–Crippen LogP) is 19.0. The van der Waals surface area contributed by atoms with Crippen LogP contribution in [0.4, 0.5) is 0 Å². The first-order valence-electron chi connectivity index (χ1n) is 45.7. The van der Waals surface area contributed by atoms with Crippen LogP contribution in [0.1, 0.15) is 80.6 Å². The van der Waals surface area contributed by atoms with Gasteiger partial charge >= 0.3 is 85.4 Å². The fourth-order valence-corrected chi connectivity index (χ4v) is 20.8. The van der Waals surface area contributed by atoms with Gasteiger partial charge in [-0.15, -0.1) is 12.4 Å². The third-order valence-electron chi connectivity index (χ3n) is 22.0. The minimum Gasteiger partial charge on any atom is -0.870 e. The van der Waals surface area contributed by atoms with E-state index in [1.54, 1.807) is 56.9 Å². The SMILES string of the molecule is CCOC(=O)Cc1cccc(C)c1OCc1cc(-c2cccc(CN)c2)c2occc2c1.CCOC(=O)Cc1cccc(C)c1OCc1cc(Br)c2occc2c1.Cc1cccc(CC(=O)O)c1OCc1cc(-c2cccc(CN)c2)c2occc2c1.Cl.NCc1cccc(B(O)O)c1.O=COO.[Cl][Pd][Cl].[K].[K].[Li+].[OH-].c1ccc(P(c2ccccc2)c2ccccc2)cc1.c1ccc(P(c2ccccc2)c2ccccc2)cc1. The minimum atomic E-state index is -1.40. The molecular formula is C116H113BBrCl3K2LiN3O18P2Pd. The number of carbonyl (C=O) groups excluding carboxylic acids is 3. The van der Waals surface area contributed by atoms with Gasteiger partial charge in [-0.3, -0.25) is 19.2 Å². The number of carboxylic acids is 1. The first kappa shape index (κ1) is 127. The molecule has 0 saturated heterocycles. The fraction of sp³-hybridized carbons (Fsp3) is 0.138. The van der Waals surface area contributed by atoms with Crippen molar-refractivity contribution in [2.75, 3.05) is 13.2 Å². The molecule has 0 aliphatic carbocycles. The van der Waals surface area contributed by atoms with E-state index in [-0.39, 0.29) is 193 Å². The van der Waals surface area contributed by atoms with Gasteiger partial charge in [0, 0.05) is 166 Å². The number of nitrogens with two attached hydrogens (primary N) is 3. The topological polar surface area (TPSA) is 352 Å². The molecular weight excluding hydrogens is 2170 g/mol. The van der Waals surface area contributed by atoms with Crippen LogP contribution in [-0.2, 0) is 108 Å². The van der Waals surface area contributed by atoms with Crippen molar-refractivity contribution in [2.24, 2.45) is 17.2 Å². The predicted molar refractivity (Wildman–Crippen MR) is 598 cm³/mol. The van der Waals surface area contributed by atoms with E-state index < -0.39 is 28.9 Å². The number of halogens is 4. The number of esters is 2. The summed E-state index contributed by atoms with van der Waals surface area (Å²) >= 11 is 3.42. The van der Waals surface area contributed by atoms with Crippen LogP contribution in [-0.4, -0.2) is 173 Å². The minimum absolute atomic E-state index is 0. The third kappa shape index (κ3) is 39.4. The monoisotopic (exact) mass is 2280 g/mol. The van der Waals surface area contributed by atoms with E-state index in [0.29, 0.717) is 69.4 Å². The van der Waals surface area contributed by atoms with Gasteiger partial charge in [0.25, 0.3) is 0 Å². The van der Waals surface area contributed by atoms with Crippen LogP contribution >= 0.6 is 63.2 Å². The number of ether oxygens (including phenoxy) is 5. The molecule has 0 saturated carbocycles. The molecule has 18 aromatic rings. The summed E-state index contributed by atoms with van der Waals surface area (Å²) in [5, 5.41) is 45.1. The van der Waals surface area contributed by atoms with Gasteiger partial charge in [0.2, 0.25) is 0 Å². The maximum Gasteiger partial charge on any atom is 1.00 e. The number of para-hydroxylation sites is 3. The van der Waals surface area contributed by atoms with Crippen molar-refractivity contribution >= 4 is 268 Å². The number of carbonyl (C=O) groups is 4. The zero-order chi connectivity index (χ0) is 102. The van der Waals surface area contributed by atoms with Crippen LogP contribution in [0.3, 0.4) is 0 Å². The Balaban J connectivity index is 0.000000271. The molecule has 2 radical (unpaired) electrons. The Morgan fingerprint density at radius 3 is 0.980 bits per heavy atom. The van der Waals surface area contributed by atoms with Gasteiger partial charge in [-0.2, -0.15) is 0 Å². The normalized spacial score (nSPS) is 10.2. The number of carboxylic acid groups (broad SMARTS) is 1. The number of hydrogen-bond donors (Lipinski definition) is 7. The Morgan fingerprint density at radius 1 is 0.399 bits per heavy atom. The third-order valence-corrected chi connectivity index (χ3v) is 27.5. The van der Waals surface area contributed by atoms with Crippen LogP contribution in [0.25, 0.3) is 55.2 Å². The molecule has 148 heavy (non-hydrogen) atoms. The summed E-state index contributed by atoms with van der Waals surface area (Å²) in [6.07, 6.45) is 5.36. The van der Waals surface area contributed by atoms with Crippen molar-refractivity contribution in [2.45, 2.75) is 93.3 Å². The maximum absolute atomic E-state index is 12.0. The largest absolute Gasteiger partial charge is 1.00 e. The molecule has 0 atom stereocenters. The molecule has 11 N–H and O–H groups in total. The van der Waals surface area contributed by atoms with Crippen LogP contribution in [0.15, 0.2) is 400 Å². The second kappa shape index (κ2) is 69.3. The van der Waals surface area contributed by atoms with Crippen molar-refractivity contribution in [3.63, 3.8) is 0 Å². The molecule has 21 nitrogen and oxygen atoms in total. The summed E-state index contributed by atoms with van der Waals surface area (Å²) in [6.45, 7) is 12.6. The number of aryl methyl sites for hydroxylation is 3. The molecule has 0 aliphatic heterocycles. The molecule has 0 spiro atoms.